The van der Waals surface area contributed by atoms with Crippen molar-refractivity contribution in [3.8, 4) is 0 Å². The Morgan fingerprint density at radius 1 is 0.870 bits per heavy atom. The van der Waals surface area contributed by atoms with Crippen LogP contribution < -0.4 is 0 Å². The largest absolute Gasteiger partial charge is 0.342 e. The van der Waals surface area contributed by atoms with Crippen molar-refractivity contribution in [2.24, 2.45) is 0 Å². The molecule has 2 aliphatic rings. The quantitative estimate of drug-likeness (QED) is 0.701. The third-order valence-corrected chi connectivity index (χ3v) is 5.87. The molecule has 0 N–H and O–H groups in total. The van der Waals surface area contributed by atoms with Gasteiger partial charge < -0.3 is 4.90 Å². The molecule has 0 aliphatic carbocycles. The number of hydrogen-bond acceptors (Lipinski definition) is 2. The predicted octanol–water partition coefficient (Wildman–Crippen LogP) is 4.70. The molecule has 23 heavy (non-hydrogen) atoms. The average Bonchev–Trinajstić information content (AvgIpc) is 2.85. The van der Waals surface area contributed by atoms with Crippen molar-refractivity contribution >= 4 is 28.8 Å². The second kappa shape index (κ2) is 5.89. The Morgan fingerprint density at radius 3 is 1.83 bits per heavy atom. The predicted molar refractivity (Wildman–Crippen MR) is 95.3 cm³/mol. The molecule has 3 heteroatoms. The van der Waals surface area contributed by atoms with Crippen molar-refractivity contribution in [2.75, 3.05) is 13.1 Å². The van der Waals surface area contributed by atoms with Crippen LogP contribution in [0.2, 0.25) is 0 Å². The number of nitrogens with zero attached hydrogens (tertiary/aromatic N) is 1. The van der Waals surface area contributed by atoms with E-state index in [9.17, 15) is 4.79 Å². The second-order valence-corrected chi connectivity index (χ2v) is 7.14. The number of carbonyl (C=O) groups is 1. The summed E-state index contributed by atoms with van der Waals surface area (Å²) in [4.78, 5) is 16.4. The van der Waals surface area contributed by atoms with E-state index in [1.165, 1.54) is 32.1 Å². The van der Waals surface area contributed by atoms with Crippen LogP contribution in [0.3, 0.4) is 0 Å². The summed E-state index contributed by atoms with van der Waals surface area (Å²) in [6.07, 6.45) is 1.86. The molecule has 2 nitrogen and oxygen atoms in total. The van der Waals surface area contributed by atoms with Gasteiger partial charge in [0.1, 0.15) is 0 Å². The summed E-state index contributed by atoms with van der Waals surface area (Å²) in [6, 6.07) is 17.3. The Balaban J connectivity index is 1.89. The highest BCUT2D eigenvalue weighted by Gasteiger charge is 2.25. The molecule has 0 fully saturated rings. The smallest absolute Gasteiger partial charge is 0.219 e. The molecule has 0 aromatic heterocycles. The zero-order valence-corrected chi connectivity index (χ0v) is 14.0. The van der Waals surface area contributed by atoms with Gasteiger partial charge in [-0.25, -0.2) is 0 Å². The maximum atomic E-state index is 11.8. The van der Waals surface area contributed by atoms with Crippen LogP contribution in [-0.4, -0.2) is 23.9 Å². The molecule has 2 aromatic carbocycles. The minimum Gasteiger partial charge on any atom is -0.342 e. The number of rotatable bonds is 0. The van der Waals surface area contributed by atoms with E-state index >= 15 is 0 Å². The van der Waals surface area contributed by atoms with Crippen LogP contribution >= 0.6 is 11.8 Å². The van der Waals surface area contributed by atoms with Gasteiger partial charge in [0.2, 0.25) is 5.91 Å². The monoisotopic (exact) mass is 321 g/mol. The van der Waals surface area contributed by atoms with E-state index in [2.05, 4.69) is 48.5 Å². The number of fused-ring (bicyclic) bond motifs is 4. The zero-order valence-electron chi connectivity index (χ0n) is 13.2. The SMILES string of the molecule is CC(=O)N1CCC2=C(CC1)c1ccccc1Sc1ccccc12. The highest BCUT2D eigenvalue weighted by atomic mass is 32.2. The van der Waals surface area contributed by atoms with Crippen LogP contribution in [0.1, 0.15) is 30.9 Å². The lowest BCUT2D eigenvalue weighted by atomic mass is 9.91. The van der Waals surface area contributed by atoms with Crippen LogP contribution in [-0.2, 0) is 4.79 Å². The number of benzene rings is 2. The molecular formula is C20H19NOS. The van der Waals surface area contributed by atoms with Gasteiger partial charge in [-0.1, -0.05) is 48.2 Å². The maximum Gasteiger partial charge on any atom is 0.219 e. The minimum atomic E-state index is 0.179. The van der Waals surface area contributed by atoms with Crippen LogP contribution in [0, 0.1) is 0 Å². The molecule has 0 atom stereocenters. The molecular weight excluding hydrogens is 302 g/mol. The molecule has 0 saturated carbocycles. The van der Waals surface area contributed by atoms with Crippen molar-refractivity contribution in [3.05, 3.63) is 59.7 Å². The summed E-state index contributed by atoms with van der Waals surface area (Å²) >= 11 is 1.86. The van der Waals surface area contributed by atoms with Gasteiger partial charge in [-0.05, 0) is 47.2 Å². The standard InChI is InChI=1S/C20H19NOS/c1-14(22)21-12-10-15-16(11-13-21)18-7-3-5-9-20(18)23-19-8-4-2-6-17(15)19/h2-9H,10-13H2,1H3. The summed E-state index contributed by atoms with van der Waals surface area (Å²) in [7, 11) is 0. The van der Waals surface area contributed by atoms with E-state index in [-0.39, 0.29) is 5.91 Å². The first-order valence-corrected chi connectivity index (χ1v) is 8.90. The summed E-state index contributed by atoms with van der Waals surface area (Å²) < 4.78 is 0. The molecule has 2 aromatic rings. The van der Waals surface area contributed by atoms with E-state index in [1.807, 2.05) is 16.7 Å². The van der Waals surface area contributed by atoms with Crippen molar-refractivity contribution in [3.63, 3.8) is 0 Å². The number of hydrogen-bond donors (Lipinski definition) is 0. The molecule has 0 bridgehead atoms. The van der Waals surface area contributed by atoms with Gasteiger partial charge in [0.05, 0.1) is 0 Å². The highest BCUT2D eigenvalue weighted by molar-refractivity contribution is 7.99. The molecule has 1 amide bonds. The lowest BCUT2D eigenvalue weighted by molar-refractivity contribution is -0.128. The van der Waals surface area contributed by atoms with E-state index in [0.717, 1.165) is 25.9 Å². The fraction of sp³-hybridized carbons (Fsp3) is 0.250. The molecule has 0 radical (unpaired) electrons. The molecule has 0 saturated heterocycles. The molecule has 0 spiro atoms. The average molecular weight is 321 g/mol. The van der Waals surface area contributed by atoms with Gasteiger partial charge in [-0.3, -0.25) is 4.79 Å². The van der Waals surface area contributed by atoms with Gasteiger partial charge in [-0.2, -0.15) is 0 Å². The Morgan fingerprint density at radius 2 is 1.35 bits per heavy atom. The van der Waals surface area contributed by atoms with Crippen molar-refractivity contribution in [1.29, 1.82) is 0 Å². The first-order chi connectivity index (χ1) is 11.2. The number of amides is 1. The van der Waals surface area contributed by atoms with Crippen molar-refractivity contribution in [1.82, 2.24) is 4.90 Å². The van der Waals surface area contributed by atoms with Gasteiger partial charge in [0.15, 0.2) is 0 Å². The Bertz CT molecular complexity index is 749. The first kappa shape index (κ1) is 14.6. The summed E-state index contributed by atoms with van der Waals surface area (Å²) in [5.41, 5.74) is 5.52. The van der Waals surface area contributed by atoms with Crippen LogP contribution in [0.5, 0.6) is 0 Å². The van der Waals surface area contributed by atoms with Gasteiger partial charge in [0, 0.05) is 29.8 Å². The minimum absolute atomic E-state index is 0.179. The summed E-state index contributed by atoms with van der Waals surface area (Å²) in [5.74, 6) is 0.179. The Kier molecular flexibility index (Phi) is 3.74. The third kappa shape index (κ3) is 2.59. The fourth-order valence-electron chi connectivity index (χ4n) is 3.54. The third-order valence-electron chi connectivity index (χ3n) is 4.72. The van der Waals surface area contributed by atoms with Crippen LogP contribution in [0.15, 0.2) is 58.3 Å². The summed E-state index contributed by atoms with van der Waals surface area (Å²) in [6.45, 7) is 3.30. The van der Waals surface area contributed by atoms with Crippen LogP contribution in [0.25, 0.3) is 11.1 Å². The van der Waals surface area contributed by atoms with E-state index in [1.54, 1.807) is 6.92 Å². The lowest BCUT2D eigenvalue weighted by Gasteiger charge is -2.18. The highest BCUT2D eigenvalue weighted by Crippen LogP contribution is 2.46. The Labute approximate surface area is 141 Å². The molecule has 2 aliphatic heterocycles. The van der Waals surface area contributed by atoms with Crippen molar-refractivity contribution < 1.29 is 4.79 Å². The molecule has 4 rings (SSSR count). The zero-order chi connectivity index (χ0) is 15.8. The molecule has 0 unspecified atom stereocenters. The van der Waals surface area contributed by atoms with E-state index < -0.39 is 0 Å². The fourth-order valence-corrected chi connectivity index (χ4v) is 4.68. The lowest BCUT2D eigenvalue weighted by Crippen LogP contribution is -2.29. The van der Waals surface area contributed by atoms with E-state index in [4.69, 9.17) is 0 Å². The maximum absolute atomic E-state index is 11.8. The van der Waals surface area contributed by atoms with Crippen LogP contribution in [0.4, 0.5) is 0 Å². The van der Waals surface area contributed by atoms with Gasteiger partial charge in [0.25, 0.3) is 0 Å². The summed E-state index contributed by atoms with van der Waals surface area (Å²) in [5, 5.41) is 0. The molecule has 2 heterocycles. The van der Waals surface area contributed by atoms with E-state index in [0.29, 0.717) is 0 Å². The number of carbonyl (C=O) groups excluding carboxylic acids is 1. The van der Waals surface area contributed by atoms with Gasteiger partial charge >= 0.3 is 0 Å². The molecule has 116 valence electrons. The van der Waals surface area contributed by atoms with Gasteiger partial charge in [-0.15, -0.1) is 0 Å². The second-order valence-electron chi connectivity index (χ2n) is 6.06. The Hall–Kier alpha value is -2.00. The van der Waals surface area contributed by atoms with Crippen molar-refractivity contribution in [2.45, 2.75) is 29.6 Å². The normalized spacial score (nSPS) is 16.8. The first-order valence-electron chi connectivity index (χ1n) is 8.08. The topological polar surface area (TPSA) is 20.3 Å².